The third-order valence-electron chi connectivity index (χ3n) is 5.16. The summed E-state index contributed by atoms with van der Waals surface area (Å²) in [6.45, 7) is 1.82. The Hall–Kier alpha value is -3.48. The smallest absolute Gasteiger partial charge is 0.335 e. The lowest BCUT2D eigenvalue weighted by Gasteiger charge is -2.28. The van der Waals surface area contributed by atoms with Gasteiger partial charge in [-0.3, -0.25) is 0 Å². The molecule has 140 valence electrons. The Morgan fingerprint density at radius 3 is 2.54 bits per heavy atom. The lowest BCUT2D eigenvalue weighted by Crippen LogP contribution is -2.31. The van der Waals surface area contributed by atoms with Gasteiger partial charge in [-0.1, -0.05) is 12.1 Å². The largest absolute Gasteiger partial charge is 0.478 e. The number of benzene rings is 2. The van der Waals surface area contributed by atoms with Gasteiger partial charge in [0.1, 0.15) is 5.69 Å². The second-order valence-electron chi connectivity index (χ2n) is 7.05. The standard InChI is InChI=1S/C21H19N5O2/c27-21(28)13-8-9-16-17(12-13)25-20(26-10-4-1-5-11-26)18(22-16)19-23-14-6-2-3-7-15(14)24-19/h2-3,6-9,12H,1,4-5,10-11H2,(H,23,24)(H,27,28). The van der Waals surface area contributed by atoms with E-state index in [1.165, 1.54) is 6.42 Å². The topological polar surface area (TPSA) is 95.0 Å². The van der Waals surface area contributed by atoms with Gasteiger partial charge in [-0.05, 0) is 49.6 Å². The summed E-state index contributed by atoms with van der Waals surface area (Å²) in [7, 11) is 0. The summed E-state index contributed by atoms with van der Waals surface area (Å²) in [5.41, 5.74) is 3.98. The predicted molar refractivity (Wildman–Crippen MR) is 108 cm³/mol. The molecule has 7 nitrogen and oxygen atoms in total. The van der Waals surface area contributed by atoms with Crippen LogP contribution in [-0.4, -0.2) is 44.1 Å². The van der Waals surface area contributed by atoms with Crippen molar-refractivity contribution in [2.75, 3.05) is 18.0 Å². The van der Waals surface area contributed by atoms with Gasteiger partial charge in [0.25, 0.3) is 0 Å². The van der Waals surface area contributed by atoms with Crippen LogP contribution >= 0.6 is 0 Å². The van der Waals surface area contributed by atoms with Crippen LogP contribution in [0, 0.1) is 0 Å². The minimum absolute atomic E-state index is 0.211. The van der Waals surface area contributed by atoms with Gasteiger partial charge in [0.15, 0.2) is 11.6 Å². The minimum atomic E-state index is -0.968. The minimum Gasteiger partial charge on any atom is -0.478 e. The van der Waals surface area contributed by atoms with E-state index in [2.05, 4.69) is 9.88 Å². The first-order valence-electron chi connectivity index (χ1n) is 9.44. The molecule has 4 aromatic rings. The molecular weight excluding hydrogens is 354 g/mol. The summed E-state index contributed by atoms with van der Waals surface area (Å²) >= 11 is 0. The van der Waals surface area contributed by atoms with E-state index in [1.807, 2.05) is 24.3 Å². The number of carboxylic acid groups (broad SMARTS) is 1. The number of hydrogen-bond acceptors (Lipinski definition) is 5. The molecule has 5 rings (SSSR count). The van der Waals surface area contributed by atoms with Gasteiger partial charge >= 0.3 is 5.97 Å². The molecule has 1 saturated heterocycles. The quantitative estimate of drug-likeness (QED) is 0.566. The molecule has 2 aromatic carbocycles. The van der Waals surface area contributed by atoms with E-state index in [0.29, 0.717) is 22.6 Å². The molecule has 1 fully saturated rings. The molecule has 1 aliphatic rings. The zero-order valence-corrected chi connectivity index (χ0v) is 15.2. The molecular formula is C21H19N5O2. The lowest BCUT2D eigenvalue weighted by atomic mass is 10.1. The highest BCUT2D eigenvalue weighted by Gasteiger charge is 2.22. The summed E-state index contributed by atoms with van der Waals surface area (Å²) in [4.78, 5) is 31.3. The Morgan fingerprint density at radius 2 is 1.75 bits per heavy atom. The van der Waals surface area contributed by atoms with Gasteiger partial charge in [-0.2, -0.15) is 0 Å². The number of anilines is 1. The van der Waals surface area contributed by atoms with Gasteiger partial charge in [0.05, 0.1) is 27.6 Å². The maximum atomic E-state index is 11.3. The first-order valence-corrected chi connectivity index (χ1v) is 9.44. The number of carboxylic acids is 1. The fourth-order valence-electron chi connectivity index (χ4n) is 3.73. The monoisotopic (exact) mass is 373 g/mol. The average Bonchev–Trinajstić information content (AvgIpc) is 3.17. The van der Waals surface area contributed by atoms with Crippen LogP contribution in [0.5, 0.6) is 0 Å². The fourth-order valence-corrected chi connectivity index (χ4v) is 3.73. The second-order valence-corrected chi connectivity index (χ2v) is 7.05. The highest BCUT2D eigenvalue weighted by atomic mass is 16.4. The lowest BCUT2D eigenvalue weighted by molar-refractivity contribution is 0.0697. The van der Waals surface area contributed by atoms with E-state index in [9.17, 15) is 9.90 Å². The maximum absolute atomic E-state index is 11.3. The summed E-state index contributed by atoms with van der Waals surface area (Å²) < 4.78 is 0. The van der Waals surface area contributed by atoms with E-state index in [4.69, 9.17) is 15.0 Å². The fraction of sp³-hybridized carbons (Fsp3) is 0.238. The molecule has 2 N–H and O–H groups in total. The molecule has 0 atom stereocenters. The van der Waals surface area contributed by atoms with Crippen molar-refractivity contribution in [3.8, 4) is 11.5 Å². The first-order chi connectivity index (χ1) is 13.7. The number of rotatable bonds is 3. The van der Waals surface area contributed by atoms with Gasteiger partial charge in [-0.25, -0.2) is 19.7 Å². The van der Waals surface area contributed by atoms with Crippen LogP contribution in [0.15, 0.2) is 42.5 Å². The van der Waals surface area contributed by atoms with E-state index >= 15 is 0 Å². The molecule has 7 heteroatoms. The van der Waals surface area contributed by atoms with Crippen molar-refractivity contribution in [2.24, 2.45) is 0 Å². The molecule has 0 bridgehead atoms. The Morgan fingerprint density at radius 1 is 0.929 bits per heavy atom. The molecule has 0 amide bonds. The van der Waals surface area contributed by atoms with E-state index < -0.39 is 5.97 Å². The Balaban J connectivity index is 1.72. The van der Waals surface area contributed by atoms with Crippen molar-refractivity contribution in [2.45, 2.75) is 19.3 Å². The van der Waals surface area contributed by atoms with E-state index in [1.54, 1.807) is 18.2 Å². The molecule has 28 heavy (non-hydrogen) atoms. The predicted octanol–water partition coefficient (Wildman–Crippen LogP) is 3.86. The Labute approximate surface area is 161 Å². The number of H-pyrrole nitrogens is 1. The number of piperidine rings is 1. The highest BCUT2D eigenvalue weighted by Crippen LogP contribution is 2.31. The molecule has 3 heterocycles. The molecule has 1 aliphatic heterocycles. The Bertz CT molecular complexity index is 1160. The number of para-hydroxylation sites is 2. The van der Waals surface area contributed by atoms with Crippen molar-refractivity contribution in [3.05, 3.63) is 48.0 Å². The summed E-state index contributed by atoms with van der Waals surface area (Å²) in [6.07, 6.45) is 3.42. The van der Waals surface area contributed by atoms with Gasteiger partial charge in [-0.15, -0.1) is 0 Å². The van der Waals surface area contributed by atoms with Crippen molar-refractivity contribution < 1.29 is 9.90 Å². The normalized spacial score (nSPS) is 14.6. The summed E-state index contributed by atoms with van der Waals surface area (Å²) in [5, 5.41) is 9.30. The summed E-state index contributed by atoms with van der Waals surface area (Å²) in [5.74, 6) is 0.469. The number of nitrogens with one attached hydrogen (secondary N) is 1. The van der Waals surface area contributed by atoms with Crippen LogP contribution in [0.3, 0.4) is 0 Å². The zero-order valence-electron chi connectivity index (χ0n) is 15.2. The van der Waals surface area contributed by atoms with E-state index in [-0.39, 0.29) is 5.56 Å². The maximum Gasteiger partial charge on any atom is 0.335 e. The van der Waals surface area contributed by atoms with Gasteiger partial charge in [0, 0.05) is 13.1 Å². The van der Waals surface area contributed by atoms with Crippen LogP contribution in [0.25, 0.3) is 33.6 Å². The molecule has 0 radical (unpaired) electrons. The Kier molecular flexibility index (Phi) is 3.93. The SMILES string of the molecule is O=C(O)c1ccc2nc(-c3nc4ccccc4[nH]3)c(N3CCCCC3)nc2c1. The zero-order chi connectivity index (χ0) is 19.1. The highest BCUT2D eigenvalue weighted by molar-refractivity contribution is 5.93. The van der Waals surface area contributed by atoms with Gasteiger partial charge < -0.3 is 15.0 Å². The number of aromatic amines is 1. The van der Waals surface area contributed by atoms with Crippen LogP contribution in [0.4, 0.5) is 5.82 Å². The number of nitrogens with zero attached hydrogens (tertiary/aromatic N) is 4. The molecule has 2 aromatic heterocycles. The van der Waals surface area contributed by atoms with Crippen molar-refractivity contribution in [1.82, 2.24) is 19.9 Å². The number of aromatic carboxylic acids is 1. The average molecular weight is 373 g/mol. The van der Waals surface area contributed by atoms with E-state index in [0.717, 1.165) is 42.8 Å². The molecule has 0 saturated carbocycles. The summed E-state index contributed by atoms with van der Waals surface area (Å²) in [6, 6.07) is 12.7. The number of aromatic nitrogens is 4. The van der Waals surface area contributed by atoms with Crippen molar-refractivity contribution >= 4 is 33.9 Å². The number of carbonyl (C=O) groups is 1. The van der Waals surface area contributed by atoms with Crippen molar-refractivity contribution in [3.63, 3.8) is 0 Å². The third-order valence-corrected chi connectivity index (χ3v) is 5.16. The molecule has 0 unspecified atom stereocenters. The number of hydrogen-bond donors (Lipinski definition) is 2. The van der Waals surface area contributed by atoms with Gasteiger partial charge in [0.2, 0.25) is 0 Å². The van der Waals surface area contributed by atoms with Crippen molar-refractivity contribution in [1.29, 1.82) is 0 Å². The first kappa shape index (κ1) is 16.7. The van der Waals surface area contributed by atoms with Crippen LogP contribution in [0.1, 0.15) is 29.6 Å². The van der Waals surface area contributed by atoms with Crippen LogP contribution in [0.2, 0.25) is 0 Å². The molecule has 0 spiro atoms. The number of imidazole rings is 1. The number of fused-ring (bicyclic) bond motifs is 2. The third kappa shape index (κ3) is 2.85. The molecule has 0 aliphatic carbocycles. The second kappa shape index (κ2) is 6.60. The van der Waals surface area contributed by atoms with Crippen LogP contribution < -0.4 is 4.90 Å². The van der Waals surface area contributed by atoms with Crippen LogP contribution in [-0.2, 0) is 0 Å².